The molecule has 1 unspecified atom stereocenters. The van der Waals surface area contributed by atoms with Gasteiger partial charge in [0, 0.05) is 25.6 Å². The van der Waals surface area contributed by atoms with E-state index < -0.39 is 30.0 Å². The van der Waals surface area contributed by atoms with Gasteiger partial charge in [0.05, 0.1) is 5.56 Å². The molecule has 1 aliphatic rings. The molecule has 8 heteroatoms. The van der Waals surface area contributed by atoms with Crippen LogP contribution in [0.4, 0.5) is 0 Å². The van der Waals surface area contributed by atoms with Crippen molar-refractivity contribution in [3.05, 3.63) is 29.3 Å². The minimum atomic E-state index is -1.18. The molecule has 2 rings (SSSR count). The van der Waals surface area contributed by atoms with E-state index in [2.05, 4.69) is 10.6 Å². The van der Waals surface area contributed by atoms with Crippen LogP contribution in [0.5, 0.6) is 5.75 Å². The Morgan fingerprint density at radius 2 is 1.91 bits per heavy atom. The van der Waals surface area contributed by atoms with Crippen LogP contribution in [0, 0.1) is 0 Å². The lowest BCUT2D eigenvalue weighted by molar-refractivity contribution is -0.139. The van der Waals surface area contributed by atoms with Crippen molar-refractivity contribution in [1.82, 2.24) is 10.6 Å². The van der Waals surface area contributed by atoms with Crippen molar-refractivity contribution in [2.45, 2.75) is 18.6 Å². The first-order chi connectivity index (χ1) is 10.4. The number of ether oxygens (including phenoxy) is 1. The minimum Gasteiger partial charge on any atom is -0.489 e. The van der Waals surface area contributed by atoms with E-state index in [0.717, 1.165) is 0 Å². The minimum absolute atomic E-state index is 0.0724. The number of carbonyl (C=O) groups excluding carboxylic acids is 1. The van der Waals surface area contributed by atoms with Crippen molar-refractivity contribution < 1.29 is 29.3 Å². The molecule has 1 heterocycles. The summed E-state index contributed by atoms with van der Waals surface area (Å²) in [6.07, 6.45) is -0.134. The molecule has 1 aromatic carbocycles. The predicted molar refractivity (Wildman–Crippen MR) is 75.3 cm³/mol. The van der Waals surface area contributed by atoms with E-state index in [1.165, 1.54) is 25.2 Å². The number of benzene rings is 1. The molecule has 0 aromatic heterocycles. The summed E-state index contributed by atoms with van der Waals surface area (Å²) in [7, 11) is 1.44. The number of hydrogen-bond acceptors (Lipinski definition) is 5. The Hall–Kier alpha value is -2.61. The fourth-order valence-corrected chi connectivity index (χ4v) is 2.24. The molecule has 0 saturated carbocycles. The zero-order chi connectivity index (χ0) is 16.3. The molecule has 1 aliphatic heterocycles. The third-order valence-corrected chi connectivity index (χ3v) is 3.33. The van der Waals surface area contributed by atoms with Crippen LogP contribution in [-0.2, 0) is 4.79 Å². The van der Waals surface area contributed by atoms with Crippen molar-refractivity contribution in [2.24, 2.45) is 0 Å². The summed E-state index contributed by atoms with van der Waals surface area (Å²) in [6.45, 7) is 0.337. The smallest absolute Gasteiger partial charge is 0.335 e. The highest BCUT2D eigenvalue weighted by Gasteiger charge is 2.30. The highest BCUT2D eigenvalue weighted by Crippen LogP contribution is 2.21. The van der Waals surface area contributed by atoms with E-state index in [0.29, 0.717) is 6.54 Å². The first kappa shape index (κ1) is 15.8. The van der Waals surface area contributed by atoms with Crippen molar-refractivity contribution in [2.75, 3.05) is 13.6 Å². The number of aromatic carboxylic acids is 1. The van der Waals surface area contributed by atoms with Gasteiger partial charge in [-0.15, -0.1) is 0 Å². The summed E-state index contributed by atoms with van der Waals surface area (Å²) in [5.41, 5.74) is 0.0926. The summed E-state index contributed by atoms with van der Waals surface area (Å²) < 4.78 is 5.61. The van der Waals surface area contributed by atoms with Crippen LogP contribution in [0.3, 0.4) is 0 Å². The SMILES string of the molecule is CNC(=O)c1cc(O[C@H]2CNC(C(=O)O)C2)cc(C(=O)O)c1. The van der Waals surface area contributed by atoms with Crippen LogP contribution in [0.1, 0.15) is 27.1 Å². The second-order valence-electron chi connectivity index (χ2n) is 4.90. The normalized spacial score (nSPS) is 20.4. The van der Waals surface area contributed by atoms with E-state index in [9.17, 15) is 14.4 Å². The van der Waals surface area contributed by atoms with Gasteiger partial charge in [-0.1, -0.05) is 0 Å². The molecule has 0 spiro atoms. The van der Waals surface area contributed by atoms with Crippen molar-refractivity contribution in [3.63, 3.8) is 0 Å². The molecule has 1 amide bonds. The lowest BCUT2D eigenvalue weighted by Gasteiger charge is -2.14. The largest absolute Gasteiger partial charge is 0.489 e. The van der Waals surface area contributed by atoms with Crippen molar-refractivity contribution in [3.8, 4) is 5.75 Å². The zero-order valence-corrected chi connectivity index (χ0v) is 11.8. The van der Waals surface area contributed by atoms with Gasteiger partial charge >= 0.3 is 11.9 Å². The number of carboxylic acid groups (broad SMARTS) is 2. The lowest BCUT2D eigenvalue weighted by Crippen LogP contribution is -2.30. The Kier molecular flexibility index (Phi) is 4.62. The second-order valence-corrected chi connectivity index (χ2v) is 4.90. The fraction of sp³-hybridized carbons (Fsp3) is 0.357. The number of aliphatic carboxylic acids is 1. The Labute approximate surface area is 126 Å². The van der Waals surface area contributed by atoms with Crippen LogP contribution >= 0.6 is 0 Å². The molecule has 2 atom stereocenters. The molecular weight excluding hydrogens is 292 g/mol. The molecule has 22 heavy (non-hydrogen) atoms. The van der Waals surface area contributed by atoms with E-state index >= 15 is 0 Å². The van der Waals surface area contributed by atoms with Crippen molar-refractivity contribution >= 4 is 17.8 Å². The van der Waals surface area contributed by atoms with Gasteiger partial charge in [0.1, 0.15) is 17.9 Å². The third-order valence-electron chi connectivity index (χ3n) is 3.33. The van der Waals surface area contributed by atoms with E-state index in [4.69, 9.17) is 14.9 Å². The third kappa shape index (κ3) is 3.53. The van der Waals surface area contributed by atoms with Gasteiger partial charge in [0.15, 0.2) is 0 Å². The van der Waals surface area contributed by atoms with Crippen LogP contribution in [0.15, 0.2) is 18.2 Å². The van der Waals surface area contributed by atoms with E-state index in [-0.39, 0.29) is 23.3 Å². The Morgan fingerprint density at radius 1 is 1.23 bits per heavy atom. The van der Waals surface area contributed by atoms with Gasteiger partial charge in [-0.2, -0.15) is 0 Å². The second kappa shape index (κ2) is 6.44. The number of carboxylic acids is 2. The van der Waals surface area contributed by atoms with Crippen LogP contribution < -0.4 is 15.4 Å². The molecular formula is C14H16N2O6. The van der Waals surface area contributed by atoms with Crippen LogP contribution in [0.25, 0.3) is 0 Å². The number of hydrogen-bond donors (Lipinski definition) is 4. The Morgan fingerprint density at radius 3 is 2.45 bits per heavy atom. The molecule has 118 valence electrons. The van der Waals surface area contributed by atoms with E-state index in [1.807, 2.05) is 0 Å². The molecule has 1 fully saturated rings. The maximum absolute atomic E-state index is 11.7. The topological polar surface area (TPSA) is 125 Å². The number of amides is 1. The summed E-state index contributed by atoms with van der Waals surface area (Å²) in [6, 6.07) is 3.30. The van der Waals surface area contributed by atoms with Crippen molar-refractivity contribution in [1.29, 1.82) is 0 Å². The summed E-state index contributed by atoms with van der Waals surface area (Å²) >= 11 is 0. The molecule has 4 N–H and O–H groups in total. The number of nitrogens with one attached hydrogen (secondary N) is 2. The maximum atomic E-state index is 11.7. The van der Waals surface area contributed by atoms with Gasteiger partial charge < -0.3 is 25.6 Å². The highest BCUT2D eigenvalue weighted by atomic mass is 16.5. The molecule has 0 radical (unpaired) electrons. The van der Waals surface area contributed by atoms with E-state index in [1.54, 1.807) is 0 Å². The molecule has 8 nitrogen and oxygen atoms in total. The molecule has 1 aromatic rings. The maximum Gasteiger partial charge on any atom is 0.335 e. The standard InChI is InChI=1S/C14H16N2O6/c1-15-12(17)7-2-8(13(18)19)4-9(3-7)22-10-5-11(14(20)21)16-6-10/h2-4,10-11,16H,5-6H2,1H3,(H,15,17)(H,18,19)(H,20,21)/t10-,11?/m1/s1. The average molecular weight is 308 g/mol. The van der Waals surface area contributed by atoms with Gasteiger partial charge in [0.2, 0.25) is 0 Å². The van der Waals surface area contributed by atoms with Crippen LogP contribution in [0.2, 0.25) is 0 Å². The zero-order valence-electron chi connectivity index (χ0n) is 11.8. The number of carbonyl (C=O) groups is 3. The average Bonchev–Trinajstić information content (AvgIpc) is 2.94. The lowest BCUT2D eigenvalue weighted by atomic mass is 10.1. The quantitative estimate of drug-likeness (QED) is 0.600. The van der Waals surface area contributed by atoms with Gasteiger partial charge in [0.25, 0.3) is 5.91 Å². The highest BCUT2D eigenvalue weighted by molar-refractivity contribution is 5.98. The van der Waals surface area contributed by atoms with Gasteiger partial charge in [-0.25, -0.2) is 4.79 Å². The first-order valence-electron chi connectivity index (χ1n) is 6.64. The summed E-state index contributed by atoms with van der Waals surface area (Å²) in [5, 5.41) is 23.2. The summed E-state index contributed by atoms with van der Waals surface area (Å²) in [5.74, 6) is -2.35. The van der Waals surface area contributed by atoms with Gasteiger partial charge in [-0.3, -0.25) is 9.59 Å². The fourth-order valence-electron chi connectivity index (χ4n) is 2.24. The Bertz CT molecular complexity index is 615. The Balaban J connectivity index is 2.20. The molecule has 0 aliphatic carbocycles. The van der Waals surface area contributed by atoms with Gasteiger partial charge in [-0.05, 0) is 18.2 Å². The van der Waals surface area contributed by atoms with Crippen LogP contribution in [-0.4, -0.2) is 53.8 Å². The monoisotopic (exact) mass is 308 g/mol. The summed E-state index contributed by atoms with van der Waals surface area (Å²) in [4.78, 5) is 33.7. The molecule has 0 bridgehead atoms. The first-order valence-corrected chi connectivity index (χ1v) is 6.64. The predicted octanol–water partition coefficient (Wildman–Crippen LogP) is -0.0617. The molecule has 1 saturated heterocycles. The number of rotatable bonds is 5.